The number of hydrogen-bond donors (Lipinski definition) is 2. The SMILES string of the molecule is O=C(NCc1ccccc1)NCc1cccc(Oc2ccc(F)cc2)c1. The molecule has 0 saturated heterocycles. The van der Waals surface area contributed by atoms with Crippen molar-refractivity contribution in [1.29, 1.82) is 0 Å². The fourth-order valence-electron chi connectivity index (χ4n) is 2.38. The van der Waals surface area contributed by atoms with E-state index >= 15 is 0 Å². The maximum Gasteiger partial charge on any atom is 0.315 e. The Balaban J connectivity index is 1.50. The van der Waals surface area contributed by atoms with Crippen LogP contribution in [0.1, 0.15) is 11.1 Å². The van der Waals surface area contributed by atoms with Crippen molar-refractivity contribution < 1.29 is 13.9 Å². The molecule has 2 N–H and O–H groups in total. The third kappa shape index (κ3) is 5.34. The first-order chi connectivity index (χ1) is 12.7. The average molecular weight is 350 g/mol. The quantitative estimate of drug-likeness (QED) is 0.682. The Morgan fingerprint density at radius 3 is 2.15 bits per heavy atom. The van der Waals surface area contributed by atoms with E-state index in [0.717, 1.165) is 11.1 Å². The van der Waals surface area contributed by atoms with Crippen molar-refractivity contribution in [2.24, 2.45) is 0 Å². The van der Waals surface area contributed by atoms with E-state index in [1.54, 1.807) is 12.1 Å². The molecule has 2 amide bonds. The number of hydrogen-bond acceptors (Lipinski definition) is 2. The second-order valence-corrected chi connectivity index (χ2v) is 5.73. The first kappa shape index (κ1) is 17.5. The summed E-state index contributed by atoms with van der Waals surface area (Å²) in [5, 5.41) is 5.62. The molecule has 132 valence electrons. The maximum atomic E-state index is 12.9. The first-order valence-electron chi connectivity index (χ1n) is 8.27. The van der Waals surface area contributed by atoms with Crippen LogP contribution in [0.2, 0.25) is 0 Å². The van der Waals surface area contributed by atoms with Gasteiger partial charge in [-0.1, -0.05) is 42.5 Å². The number of benzene rings is 3. The summed E-state index contributed by atoms with van der Waals surface area (Å²) in [7, 11) is 0. The number of halogens is 1. The van der Waals surface area contributed by atoms with Crippen molar-refractivity contribution in [3.05, 3.63) is 95.8 Å². The van der Waals surface area contributed by atoms with Crippen LogP contribution in [0.5, 0.6) is 11.5 Å². The van der Waals surface area contributed by atoms with Gasteiger partial charge in [-0.3, -0.25) is 0 Å². The molecule has 26 heavy (non-hydrogen) atoms. The first-order valence-corrected chi connectivity index (χ1v) is 8.27. The number of amides is 2. The predicted molar refractivity (Wildman–Crippen MR) is 98.4 cm³/mol. The summed E-state index contributed by atoms with van der Waals surface area (Å²) in [6.07, 6.45) is 0. The van der Waals surface area contributed by atoms with Gasteiger partial charge in [0.05, 0.1) is 0 Å². The van der Waals surface area contributed by atoms with Crippen molar-refractivity contribution in [2.75, 3.05) is 0 Å². The molecule has 3 rings (SSSR count). The van der Waals surface area contributed by atoms with E-state index < -0.39 is 0 Å². The fourth-order valence-corrected chi connectivity index (χ4v) is 2.38. The molecular formula is C21H19FN2O2. The average Bonchev–Trinajstić information content (AvgIpc) is 2.68. The van der Waals surface area contributed by atoms with Crippen molar-refractivity contribution in [3.63, 3.8) is 0 Å². The molecule has 5 heteroatoms. The van der Waals surface area contributed by atoms with E-state index in [2.05, 4.69) is 10.6 Å². The lowest BCUT2D eigenvalue weighted by atomic mass is 10.2. The highest BCUT2D eigenvalue weighted by Crippen LogP contribution is 2.22. The molecular weight excluding hydrogens is 331 g/mol. The van der Waals surface area contributed by atoms with Gasteiger partial charge in [-0.2, -0.15) is 0 Å². The molecule has 4 nitrogen and oxygen atoms in total. The summed E-state index contributed by atoms with van der Waals surface area (Å²) >= 11 is 0. The van der Waals surface area contributed by atoms with Crippen LogP contribution in [0, 0.1) is 5.82 Å². The molecule has 0 aliphatic heterocycles. The number of urea groups is 1. The minimum absolute atomic E-state index is 0.237. The Kier molecular flexibility index (Phi) is 5.83. The lowest BCUT2D eigenvalue weighted by molar-refractivity contribution is 0.240. The fraction of sp³-hybridized carbons (Fsp3) is 0.0952. The third-order valence-corrected chi connectivity index (χ3v) is 3.70. The Bertz CT molecular complexity index is 851. The lowest BCUT2D eigenvalue weighted by Gasteiger charge is -2.10. The van der Waals surface area contributed by atoms with Crippen molar-refractivity contribution >= 4 is 6.03 Å². The van der Waals surface area contributed by atoms with Crippen LogP contribution in [0.25, 0.3) is 0 Å². The molecule has 0 aliphatic carbocycles. The zero-order valence-electron chi connectivity index (χ0n) is 14.1. The van der Waals surface area contributed by atoms with Crippen molar-refractivity contribution in [3.8, 4) is 11.5 Å². The molecule has 0 bridgehead atoms. The summed E-state index contributed by atoms with van der Waals surface area (Å²) in [4.78, 5) is 11.9. The molecule has 3 aromatic carbocycles. The van der Waals surface area contributed by atoms with Gasteiger partial charge in [0.15, 0.2) is 0 Å². The van der Waals surface area contributed by atoms with E-state index in [9.17, 15) is 9.18 Å². The van der Waals surface area contributed by atoms with Crippen LogP contribution in [0.4, 0.5) is 9.18 Å². The number of rotatable bonds is 6. The standard InChI is InChI=1S/C21H19FN2O2/c22-18-9-11-19(12-10-18)26-20-8-4-7-17(13-20)15-24-21(25)23-14-16-5-2-1-3-6-16/h1-13H,14-15H2,(H2,23,24,25). The Morgan fingerprint density at radius 2 is 1.42 bits per heavy atom. The van der Waals surface area contributed by atoms with Gasteiger partial charge in [0.25, 0.3) is 0 Å². The minimum Gasteiger partial charge on any atom is -0.457 e. The highest BCUT2D eigenvalue weighted by molar-refractivity contribution is 5.73. The second kappa shape index (κ2) is 8.67. The van der Waals surface area contributed by atoms with Gasteiger partial charge in [-0.15, -0.1) is 0 Å². The van der Waals surface area contributed by atoms with Crippen LogP contribution < -0.4 is 15.4 Å². The largest absolute Gasteiger partial charge is 0.457 e. The van der Waals surface area contributed by atoms with Gasteiger partial charge < -0.3 is 15.4 Å². The zero-order chi connectivity index (χ0) is 18.2. The predicted octanol–water partition coefficient (Wildman–Crippen LogP) is 4.62. The molecule has 0 aromatic heterocycles. The molecule has 0 heterocycles. The van der Waals surface area contributed by atoms with Gasteiger partial charge in [0.1, 0.15) is 17.3 Å². The maximum absolute atomic E-state index is 12.9. The summed E-state index contributed by atoms with van der Waals surface area (Å²) in [6.45, 7) is 0.849. The van der Waals surface area contributed by atoms with Crippen molar-refractivity contribution in [1.82, 2.24) is 10.6 Å². The Morgan fingerprint density at radius 1 is 0.769 bits per heavy atom. The normalized spacial score (nSPS) is 10.2. The van der Waals surface area contributed by atoms with Crippen molar-refractivity contribution in [2.45, 2.75) is 13.1 Å². The summed E-state index contributed by atoms with van der Waals surface area (Å²) in [6, 6.07) is 22.7. The minimum atomic E-state index is -0.309. The van der Waals surface area contributed by atoms with E-state index in [-0.39, 0.29) is 11.8 Å². The van der Waals surface area contributed by atoms with E-state index in [4.69, 9.17) is 4.74 Å². The number of carbonyl (C=O) groups excluding carboxylic acids is 1. The van der Waals surface area contributed by atoms with Gasteiger partial charge in [-0.05, 0) is 47.5 Å². The van der Waals surface area contributed by atoms with Crippen LogP contribution in [-0.4, -0.2) is 6.03 Å². The molecule has 0 atom stereocenters. The lowest BCUT2D eigenvalue weighted by Crippen LogP contribution is -2.34. The van der Waals surface area contributed by atoms with Gasteiger partial charge in [-0.25, -0.2) is 9.18 Å². The Labute approximate surface area is 151 Å². The molecule has 3 aromatic rings. The highest BCUT2D eigenvalue weighted by atomic mass is 19.1. The van der Waals surface area contributed by atoms with Crippen LogP contribution in [0.3, 0.4) is 0 Å². The topological polar surface area (TPSA) is 50.4 Å². The van der Waals surface area contributed by atoms with E-state index in [0.29, 0.717) is 24.6 Å². The second-order valence-electron chi connectivity index (χ2n) is 5.73. The zero-order valence-corrected chi connectivity index (χ0v) is 14.1. The van der Waals surface area contributed by atoms with Gasteiger partial charge in [0, 0.05) is 13.1 Å². The number of carbonyl (C=O) groups is 1. The van der Waals surface area contributed by atoms with Gasteiger partial charge in [0.2, 0.25) is 0 Å². The summed E-state index contributed by atoms with van der Waals surface area (Å²) in [5.41, 5.74) is 1.94. The molecule has 0 spiro atoms. The third-order valence-electron chi connectivity index (χ3n) is 3.70. The molecule has 0 unspecified atom stereocenters. The number of ether oxygens (including phenoxy) is 1. The van der Waals surface area contributed by atoms with Crippen LogP contribution >= 0.6 is 0 Å². The number of nitrogens with one attached hydrogen (secondary N) is 2. The summed E-state index contributed by atoms with van der Waals surface area (Å²) in [5.74, 6) is 0.870. The molecule has 0 radical (unpaired) electrons. The van der Waals surface area contributed by atoms with E-state index in [1.165, 1.54) is 12.1 Å². The molecule has 0 aliphatic rings. The highest BCUT2D eigenvalue weighted by Gasteiger charge is 2.03. The molecule has 0 saturated carbocycles. The smallest absolute Gasteiger partial charge is 0.315 e. The molecule has 0 fully saturated rings. The summed E-state index contributed by atoms with van der Waals surface area (Å²) < 4.78 is 18.6. The van der Waals surface area contributed by atoms with Crippen LogP contribution in [-0.2, 0) is 13.1 Å². The monoisotopic (exact) mass is 350 g/mol. The van der Waals surface area contributed by atoms with Crippen LogP contribution in [0.15, 0.2) is 78.9 Å². The van der Waals surface area contributed by atoms with Gasteiger partial charge >= 0.3 is 6.03 Å². The van der Waals surface area contributed by atoms with E-state index in [1.807, 2.05) is 54.6 Å². The Hall–Kier alpha value is -3.34.